The largest absolute Gasteiger partial charge is 0.406 e. The Morgan fingerprint density at radius 3 is 2.29 bits per heavy atom. The summed E-state index contributed by atoms with van der Waals surface area (Å²) in [7, 11) is 0. The van der Waals surface area contributed by atoms with Crippen LogP contribution < -0.4 is 5.73 Å². The summed E-state index contributed by atoms with van der Waals surface area (Å²) in [5.41, 5.74) is 5.35. The molecule has 1 saturated carbocycles. The van der Waals surface area contributed by atoms with Crippen molar-refractivity contribution < 1.29 is 18.0 Å². The second-order valence-electron chi connectivity index (χ2n) is 4.76. The molecule has 100 valence electrons. The van der Waals surface area contributed by atoms with Gasteiger partial charge in [-0.25, -0.2) is 0 Å². The SMILES string of the molecule is CCN(CC(F)(F)F)C(=O)CC1(CN)CCC1. The van der Waals surface area contributed by atoms with Crippen LogP contribution >= 0.6 is 0 Å². The molecule has 1 fully saturated rings. The molecule has 3 nitrogen and oxygen atoms in total. The summed E-state index contributed by atoms with van der Waals surface area (Å²) in [4.78, 5) is 12.6. The van der Waals surface area contributed by atoms with Gasteiger partial charge in [-0.15, -0.1) is 0 Å². The van der Waals surface area contributed by atoms with Gasteiger partial charge in [0.2, 0.25) is 5.91 Å². The molecule has 1 aliphatic carbocycles. The summed E-state index contributed by atoms with van der Waals surface area (Å²) in [6, 6.07) is 0. The first-order chi connectivity index (χ1) is 7.82. The predicted octanol–water partition coefficient (Wildman–Crippen LogP) is 1.92. The number of carbonyl (C=O) groups is 1. The molecule has 0 aromatic heterocycles. The van der Waals surface area contributed by atoms with E-state index in [1.807, 2.05) is 0 Å². The van der Waals surface area contributed by atoms with Gasteiger partial charge in [-0.05, 0) is 31.7 Å². The third kappa shape index (κ3) is 3.87. The van der Waals surface area contributed by atoms with Crippen LogP contribution in [0.5, 0.6) is 0 Å². The van der Waals surface area contributed by atoms with Gasteiger partial charge in [0.15, 0.2) is 0 Å². The van der Waals surface area contributed by atoms with E-state index in [1.54, 1.807) is 6.92 Å². The third-order valence-corrected chi connectivity index (χ3v) is 3.48. The lowest BCUT2D eigenvalue weighted by molar-refractivity contribution is -0.163. The number of alkyl halides is 3. The summed E-state index contributed by atoms with van der Waals surface area (Å²) >= 11 is 0. The van der Waals surface area contributed by atoms with E-state index in [1.165, 1.54) is 0 Å². The summed E-state index contributed by atoms with van der Waals surface area (Å²) in [6.45, 7) is 0.851. The zero-order valence-electron chi connectivity index (χ0n) is 10.0. The van der Waals surface area contributed by atoms with Crippen LogP contribution in [0, 0.1) is 5.41 Å². The minimum atomic E-state index is -4.33. The maximum atomic E-state index is 12.2. The molecule has 17 heavy (non-hydrogen) atoms. The summed E-state index contributed by atoms with van der Waals surface area (Å²) in [5.74, 6) is -0.435. The van der Waals surface area contributed by atoms with E-state index in [0.717, 1.165) is 24.2 Å². The molecular formula is C11H19F3N2O. The Bertz CT molecular complexity index is 269. The van der Waals surface area contributed by atoms with Gasteiger partial charge < -0.3 is 10.6 Å². The van der Waals surface area contributed by atoms with Gasteiger partial charge in [0.05, 0.1) is 0 Å². The van der Waals surface area contributed by atoms with Crippen LogP contribution in [-0.2, 0) is 4.79 Å². The highest BCUT2D eigenvalue weighted by molar-refractivity contribution is 5.77. The second-order valence-corrected chi connectivity index (χ2v) is 4.76. The molecule has 0 radical (unpaired) electrons. The molecule has 1 rings (SSSR count). The summed E-state index contributed by atoms with van der Waals surface area (Å²) < 4.78 is 36.7. The predicted molar refractivity (Wildman–Crippen MR) is 58.3 cm³/mol. The van der Waals surface area contributed by atoms with Gasteiger partial charge in [-0.3, -0.25) is 4.79 Å². The van der Waals surface area contributed by atoms with Crippen molar-refractivity contribution in [2.75, 3.05) is 19.6 Å². The molecule has 0 saturated heterocycles. The van der Waals surface area contributed by atoms with Crippen LogP contribution in [0.3, 0.4) is 0 Å². The molecule has 0 spiro atoms. The lowest BCUT2D eigenvalue weighted by Gasteiger charge is -2.41. The first kappa shape index (κ1) is 14.3. The topological polar surface area (TPSA) is 46.3 Å². The van der Waals surface area contributed by atoms with Crippen LogP contribution in [0.1, 0.15) is 32.6 Å². The maximum Gasteiger partial charge on any atom is 0.406 e. The molecule has 0 aliphatic heterocycles. The number of rotatable bonds is 5. The number of nitrogens with zero attached hydrogens (tertiary/aromatic N) is 1. The molecule has 0 unspecified atom stereocenters. The van der Waals surface area contributed by atoms with Gasteiger partial charge in [0, 0.05) is 13.0 Å². The molecule has 0 aromatic rings. The highest BCUT2D eigenvalue weighted by Crippen LogP contribution is 2.43. The van der Waals surface area contributed by atoms with Crippen molar-refractivity contribution in [2.24, 2.45) is 11.1 Å². The molecule has 2 N–H and O–H groups in total. The van der Waals surface area contributed by atoms with Crippen LogP contribution in [0.15, 0.2) is 0 Å². The quantitative estimate of drug-likeness (QED) is 0.812. The second kappa shape index (κ2) is 5.25. The number of hydrogen-bond acceptors (Lipinski definition) is 2. The number of nitrogens with two attached hydrogens (primary N) is 1. The van der Waals surface area contributed by atoms with Crippen LogP contribution in [0.2, 0.25) is 0 Å². The van der Waals surface area contributed by atoms with Crippen LogP contribution in [0.25, 0.3) is 0 Å². The number of amides is 1. The monoisotopic (exact) mass is 252 g/mol. The Hall–Kier alpha value is -0.780. The smallest absolute Gasteiger partial charge is 0.334 e. The van der Waals surface area contributed by atoms with Crippen molar-refractivity contribution in [1.29, 1.82) is 0 Å². The van der Waals surface area contributed by atoms with E-state index < -0.39 is 18.6 Å². The highest BCUT2D eigenvalue weighted by atomic mass is 19.4. The van der Waals surface area contributed by atoms with E-state index in [0.29, 0.717) is 6.54 Å². The standard InChI is InChI=1S/C11H19F3N2O/c1-2-16(8-11(12,13)14)9(17)6-10(7-15)4-3-5-10/h2-8,15H2,1H3. The maximum absolute atomic E-state index is 12.2. The summed E-state index contributed by atoms with van der Waals surface area (Å²) in [5, 5.41) is 0. The van der Waals surface area contributed by atoms with Gasteiger partial charge in [-0.1, -0.05) is 6.42 Å². The van der Waals surface area contributed by atoms with E-state index in [2.05, 4.69) is 0 Å². The zero-order valence-corrected chi connectivity index (χ0v) is 10.0. The first-order valence-corrected chi connectivity index (χ1v) is 5.86. The highest BCUT2D eigenvalue weighted by Gasteiger charge is 2.40. The lowest BCUT2D eigenvalue weighted by atomic mass is 9.66. The molecular weight excluding hydrogens is 233 g/mol. The average molecular weight is 252 g/mol. The molecule has 1 aliphatic rings. The fraction of sp³-hybridized carbons (Fsp3) is 0.909. The number of carbonyl (C=O) groups excluding carboxylic acids is 1. The van der Waals surface area contributed by atoms with Crippen molar-refractivity contribution in [3.63, 3.8) is 0 Å². The Morgan fingerprint density at radius 2 is 2.00 bits per heavy atom. The van der Waals surface area contributed by atoms with E-state index in [9.17, 15) is 18.0 Å². The number of halogens is 3. The van der Waals surface area contributed by atoms with E-state index >= 15 is 0 Å². The Morgan fingerprint density at radius 1 is 1.41 bits per heavy atom. The minimum absolute atomic E-state index is 0.0823. The molecule has 0 aromatic carbocycles. The average Bonchev–Trinajstić information content (AvgIpc) is 2.18. The Kier molecular flexibility index (Phi) is 4.41. The minimum Gasteiger partial charge on any atom is -0.334 e. The Labute approximate surface area is 99.1 Å². The van der Waals surface area contributed by atoms with Crippen molar-refractivity contribution in [1.82, 2.24) is 4.90 Å². The zero-order chi connectivity index (χ0) is 13.1. The van der Waals surface area contributed by atoms with E-state index in [-0.39, 0.29) is 18.4 Å². The van der Waals surface area contributed by atoms with Crippen molar-refractivity contribution >= 4 is 5.91 Å². The van der Waals surface area contributed by atoms with E-state index in [4.69, 9.17) is 5.73 Å². The lowest BCUT2D eigenvalue weighted by Crippen LogP contribution is -2.45. The fourth-order valence-electron chi connectivity index (χ4n) is 2.16. The molecule has 0 atom stereocenters. The molecule has 6 heteroatoms. The Balaban J connectivity index is 2.54. The van der Waals surface area contributed by atoms with Crippen molar-refractivity contribution in [3.8, 4) is 0 Å². The van der Waals surface area contributed by atoms with Gasteiger partial charge in [0.25, 0.3) is 0 Å². The molecule has 1 amide bonds. The molecule has 0 heterocycles. The molecule has 0 bridgehead atoms. The van der Waals surface area contributed by atoms with Gasteiger partial charge in [0.1, 0.15) is 6.54 Å². The summed E-state index contributed by atoms with van der Waals surface area (Å²) in [6.07, 6.45) is -1.48. The van der Waals surface area contributed by atoms with Crippen LogP contribution in [-0.4, -0.2) is 36.6 Å². The normalized spacial score (nSPS) is 18.6. The first-order valence-electron chi connectivity index (χ1n) is 5.86. The van der Waals surface area contributed by atoms with Crippen molar-refractivity contribution in [3.05, 3.63) is 0 Å². The van der Waals surface area contributed by atoms with Crippen molar-refractivity contribution in [2.45, 2.75) is 38.8 Å². The fourth-order valence-corrected chi connectivity index (χ4v) is 2.16. The van der Waals surface area contributed by atoms with Gasteiger partial charge in [-0.2, -0.15) is 13.2 Å². The van der Waals surface area contributed by atoms with Gasteiger partial charge >= 0.3 is 6.18 Å². The van der Waals surface area contributed by atoms with Crippen LogP contribution in [0.4, 0.5) is 13.2 Å². The third-order valence-electron chi connectivity index (χ3n) is 3.48. The number of hydrogen-bond donors (Lipinski definition) is 1.